The van der Waals surface area contributed by atoms with E-state index in [0.717, 1.165) is 0 Å². The highest BCUT2D eigenvalue weighted by molar-refractivity contribution is 5.22. The quantitative estimate of drug-likeness (QED) is 0.575. The van der Waals surface area contributed by atoms with Gasteiger partial charge in [0.25, 0.3) is 0 Å². The van der Waals surface area contributed by atoms with Crippen LogP contribution in [0.15, 0.2) is 12.2 Å². The molecule has 2 N–H and O–H groups in total. The van der Waals surface area contributed by atoms with Gasteiger partial charge in [-0.2, -0.15) is 0 Å². The molecule has 0 radical (unpaired) electrons. The maximum absolute atomic E-state index is 9.23. The molecule has 0 bridgehead atoms. The lowest BCUT2D eigenvalue weighted by Crippen LogP contribution is -2.15. The Bertz CT molecular complexity index is 215. The Morgan fingerprint density at radius 3 is 1.92 bits per heavy atom. The van der Waals surface area contributed by atoms with Crippen molar-refractivity contribution in [1.29, 1.82) is 0 Å². The molecular formula is C10H16O2. The molecular weight excluding hydrogens is 152 g/mol. The summed E-state index contributed by atoms with van der Waals surface area (Å²) in [5.74, 6) is 5.24. The molecule has 0 amide bonds. The number of hydrogen-bond donors (Lipinski definition) is 2. The van der Waals surface area contributed by atoms with Crippen molar-refractivity contribution in [3.63, 3.8) is 0 Å². The summed E-state index contributed by atoms with van der Waals surface area (Å²) >= 11 is 0. The first kappa shape index (κ1) is 11.2. The average Bonchev–Trinajstić information content (AvgIpc) is 1.76. The minimum Gasteiger partial charge on any atom is -0.386 e. The Hall–Kier alpha value is -0.780. The molecule has 68 valence electrons. The third-order valence-corrected chi connectivity index (χ3v) is 0.953. The number of aliphatic hydroxyl groups is 2. The third-order valence-electron chi connectivity index (χ3n) is 0.953. The van der Waals surface area contributed by atoms with Crippen molar-refractivity contribution >= 4 is 0 Å². The summed E-state index contributed by atoms with van der Waals surface area (Å²) in [6, 6.07) is 0. The predicted octanol–water partition coefficient (Wildman–Crippen LogP) is 1.09. The van der Waals surface area contributed by atoms with Gasteiger partial charge in [0.1, 0.15) is 5.60 Å². The van der Waals surface area contributed by atoms with E-state index >= 15 is 0 Å². The molecule has 0 spiro atoms. The molecule has 0 fully saturated rings. The van der Waals surface area contributed by atoms with Gasteiger partial charge in [-0.3, -0.25) is 0 Å². The van der Waals surface area contributed by atoms with E-state index < -0.39 is 11.2 Å². The fourth-order valence-electron chi connectivity index (χ4n) is 0.464. The van der Waals surface area contributed by atoms with Gasteiger partial charge in [-0.15, -0.1) is 0 Å². The third kappa shape index (κ3) is 9.22. The van der Waals surface area contributed by atoms with Gasteiger partial charge in [-0.25, -0.2) is 0 Å². The minimum atomic E-state index is -0.968. The fourth-order valence-corrected chi connectivity index (χ4v) is 0.464. The first-order valence-corrected chi connectivity index (χ1v) is 3.86. The zero-order valence-corrected chi connectivity index (χ0v) is 8.05. The molecule has 0 atom stereocenters. The van der Waals surface area contributed by atoms with Gasteiger partial charge in [-0.05, 0) is 39.8 Å². The first-order valence-electron chi connectivity index (χ1n) is 3.86. The van der Waals surface area contributed by atoms with Crippen molar-refractivity contribution in [2.24, 2.45) is 0 Å². The van der Waals surface area contributed by atoms with Gasteiger partial charge in [-0.1, -0.05) is 11.8 Å². The zero-order valence-electron chi connectivity index (χ0n) is 8.05. The summed E-state index contributed by atoms with van der Waals surface area (Å²) in [4.78, 5) is 0. The Labute approximate surface area is 73.9 Å². The number of hydrogen-bond acceptors (Lipinski definition) is 2. The standard InChI is InChI=1S/C10H16O2/c1-9(2,11)7-5-6-8-10(3,4)12/h5,7,11-12H,1-4H3/b7-5-. The molecule has 0 unspecified atom stereocenters. The van der Waals surface area contributed by atoms with Crippen LogP contribution in [0, 0.1) is 11.8 Å². The molecule has 12 heavy (non-hydrogen) atoms. The molecule has 0 heterocycles. The van der Waals surface area contributed by atoms with Gasteiger partial charge < -0.3 is 10.2 Å². The van der Waals surface area contributed by atoms with Crippen LogP contribution in [0.3, 0.4) is 0 Å². The summed E-state index contributed by atoms with van der Waals surface area (Å²) in [5.41, 5.74) is -1.81. The Kier molecular flexibility index (Phi) is 3.51. The molecule has 0 aliphatic heterocycles. The van der Waals surface area contributed by atoms with Crippen LogP contribution in [0.5, 0.6) is 0 Å². The molecule has 2 nitrogen and oxygen atoms in total. The smallest absolute Gasteiger partial charge is 0.120 e. The lowest BCUT2D eigenvalue weighted by atomic mass is 10.1. The second kappa shape index (κ2) is 3.75. The molecule has 2 heteroatoms. The van der Waals surface area contributed by atoms with Gasteiger partial charge in [0.2, 0.25) is 0 Å². The molecule has 0 aromatic rings. The average molecular weight is 168 g/mol. The van der Waals surface area contributed by atoms with E-state index in [1.54, 1.807) is 33.8 Å². The van der Waals surface area contributed by atoms with E-state index in [0.29, 0.717) is 0 Å². The van der Waals surface area contributed by atoms with E-state index in [9.17, 15) is 10.2 Å². The van der Waals surface area contributed by atoms with Crippen LogP contribution >= 0.6 is 0 Å². The van der Waals surface area contributed by atoms with E-state index in [4.69, 9.17) is 0 Å². The van der Waals surface area contributed by atoms with Gasteiger partial charge >= 0.3 is 0 Å². The maximum atomic E-state index is 9.23. The van der Waals surface area contributed by atoms with Crippen LogP contribution in [-0.4, -0.2) is 21.4 Å². The summed E-state index contributed by atoms with van der Waals surface area (Å²) in [6.07, 6.45) is 3.11. The van der Waals surface area contributed by atoms with Crippen molar-refractivity contribution < 1.29 is 10.2 Å². The van der Waals surface area contributed by atoms with Crippen molar-refractivity contribution in [3.8, 4) is 11.8 Å². The fraction of sp³-hybridized carbons (Fsp3) is 0.600. The highest BCUT2D eigenvalue weighted by Crippen LogP contribution is 2.01. The molecule has 0 saturated carbocycles. The maximum Gasteiger partial charge on any atom is 0.120 e. The highest BCUT2D eigenvalue weighted by Gasteiger charge is 2.06. The van der Waals surface area contributed by atoms with E-state index in [1.165, 1.54) is 6.08 Å². The SMILES string of the molecule is CC(C)(O)C#C/C=C\C(C)(C)O. The van der Waals surface area contributed by atoms with Crippen molar-refractivity contribution in [3.05, 3.63) is 12.2 Å². The van der Waals surface area contributed by atoms with Crippen molar-refractivity contribution in [1.82, 2.24) is 0 Å². The summed E-state index contributed by atoms with van der Waals surface area (Å²) < 4.78 is 0. The Balaban J connectivity index is 4.13. The van der Waals surface area contributed by atoms with Crippen molar-refractivity contribution in [2.75, 3.05) is 0 Å². The molecule has 0 aliphatic rings. The van der Waals surface area contributed by atoms with Crippen LogP contribution < -0.4 is 0 Å². The second-order valence-corrected chi connectivity index (χ2v) is 3.82. The molecule has 0 rings (SSSR count). The normalized spacial score (nSPS) is 12.8. The van der Waals surface area contributed by atoms with E-state index in [-0.39, 0.29) is 0 Å². The van der Waals surface area contributed by atoms with Crippen LogP contribution in [0.4, 0.5) is 0 Å². The zero-order chi connectivity index (χ0) is 9.83. The molecule has 0 aliphatic carbocycles. The van der Waals surface area contributed by atoms with Crippen LogP contribution in [-0.2, 0) is 0 Å². The number of allylic oxidation sites excluding steroid dienone is 1. The lowest BCUT2D eigenvalue weighted by molar-refractivity contribution is 0.133. The lowest BCUT2D eigenvalue weighted by Gasteiger charge is -2.08. The topological polar surface area (TPSA) is 40.5 Å². The second-order valence-electron chi connectivity index (χ2n) is 3.82. The first-order chi connectivity index (χ1) is 5.21. The van der Waals surface area contributed by atoms with Crippen LogP contribution in [0.25, 0.3) is 0 Å². The Morgan fingerprint density at radius 2 is 1.58 bits per heavy atom. The summed E-state index contributed by atoms with van der Waals surface area (Å²) in [6.45, 7) is 6.54. The van der Waals surface area contributed by atoms with Gasteiger partial charge in [0, 0.05) is 0 Å². The van der Waals surface area contributed by atoms with E-state index in [2.05, 4.69) is 11.8 Å². The highest BCUT2D eigenvalue weighted by atomic mass is 16.3. The van der Waals surface area contributed by atoms with Crippen molar-refractivity contribution in [2.45, 2.75) is 38.9 Å². The minimum absolute atomic E-state index is 0.839. The van der Waals surface area contributed by atoms with Gasteiger partial charge in [0.05, 0.1) is 5.60 Å². The largest absolute Gasteiger partial charge is 0.386 e. The summed E-state index contributed by atoms with van der Waals surface area (Å²) in [7, 11) is 0. The monoisotopic (exact) mass is 168 g/mol. The van der Waals surface area contributed by atoms with Crippen LogP contribution in [0.2, 0.25) is 0 Å². The molecule has 0 saturated heterocycles. The molecule has 0 aromatic heterocycles. The number of rotatable bonds is 1. The predicted molar refractivity (Wildman–Crippen MR) is 49.5 cm³/mol. The van der Waals surface area contributed by atoms with Gasteiger partial charge in [0.15, 0.2) is 0 Å². The van der Waals surface area contributed by atoms with E-state index in [1.807, 2.05) is 0 Å². The molecule has 0 aromatic carbocycles. The Morgan fingerprint density at radius 1 is 1.08 bits per heavy atom. The summed E-state index contributed by atoms with van der Waals surface area (Å²) in [5, 5.41) is 18.4. The van der Waals surface area contributed by atoms with Crippen LogP contribution in [0.1, 0.15) is 27.7 Å².